The van der Waals surface area contributed by atoms with E-state index in [1.165, 1.54) is 10.8 Å². The van der Waals surface area contributed by atoms with Crippen molar-refractivity contribution in [1.82, 2.24) is 4.98 Å². The van der Waals surface area contributed by atoms with E-state index < -0.39 is 0 Å². The van der Waals surface area contributed by atoms with E-state index in [2.05, 4.69) is 60.7 Å². The predicted molar refractivity (Wildman–Crippen MR) is 120 cm³/mol. The number of ether oxygens (including phenoxy) is 1. The molecule has 1 heterocycles. The number of thiazole rings is 1. The van der Waals surface area contributed by atoms with E-state index in [0.29, 0.717) is 5.02 Å². The van der Waals surface area contributed by atoms with Crippen molar-refractivity contribution in [2.45, 2.75) is 0 Å². The first-order valence-corrected chi connectivity index (χ1v) is 10.1. The lowest BCUT2D eigenvalue weighted by molar-refractivity contribution is 0.416. The zero-order chi connectivity index (χ0) is 19.1. The van der Waals surface area contributed by atoms with Crippen LogP contribution in [0.2, 0.25) is 5.02 Å². The molecule has 0 aliphatic carbocycles. The van der Waals surface area contributed by atoms with Crippen molar-refractivity contribution in [3.63, 3.8) is 0 Å². The predicted octanol–water partition coefficient (Wildman–Crippen LogP) is 7.45. The zero-order valence-corrected chi connectivity index (χ0v) is 16.7. The highest BCUT2D eigenvalue weighted by atomic mass is 35.5. The monoisotopic (exact) mass is 401 g/mol. The Hall–Kier alpha value is -2.88. The Morgan fingerprint density at radius 3 is 2.50 bits per heavy atom. The number of hydrogen-bond acceptors (Lipinski definition) is 3. The molecule has 0 amide bonds. The second-order valence-electron chi connectivity index (χ2n) is 6.58. The highest BCUT2D eigenvalue weighted by Crippen LogP contribution is 2.39. The number of rotatable bonds is 3. The molecular formula is C24H16ClNOS. The normalized spacial score (nSPS) is 11.2. The summed E-state index contributed by atoms with van der Waals surface area (Å²) in [7, 11) is 1.66. The van der Waals surface area contributed by atoms with Gasteiger partial charge in [-0.05, 0) is 46.7 Å². The third-order valence-electron chi connectivity index (χ3n) is 4.87. The van der Waals surface area contributed by atoms with Crippen LogP contribution in [0, 0.1) is 0 Å². The molecule has 4 heteroatoms. The van der Waals surface area contributed by atoms with Crippen molar-refractivity contribution < 1.29 is 4.74 Å². The van der Waals surface area contributed by atoms with Gasteiger partial charge >= 0.3 is 0 Å². The van der Waals surface area contributed by atoms with E-state index in [1.54, 1.807) is 18.4 Å². The first kappa shape index (κ1) is 17.2. The van der Waals surface area contributed by atoms with E-state index in [0.717, 1.165) is 37.7 Å². The van der Waals surface area contributed by atoms with Crippen molar-refractivity contribution in [3.8, 4) is 27.4 Å². The average molecular weight is 402 g/mol. The van der Waals surface area contributed by atoms with Crippen molar-refractivity contribution in [3.05, 3.63) is 83.9 Å². The van der Waals surface area contributed by atoms with Crippen LogP contribution in [0.1, 0.15) is 0 Å². The molecule has 0 atom stereocenters. The highest BCUT2D eigenvalue weighted by molar-refractivity contribution is 7.21. The molecule has 1 aromatic heterocycles. The van der Waals surface area contributed by atoms with Gasteiger partial charge in [0.05, 0.1) is 22.3 Å². The van der Waals surface area contributed by atoms with Gasteiger partial charge in [-0.25, -0.2) is 4.98 Å². The van der Waals surface area contributed by atoms with E-state index in [9.17, 15) is 0 Å². The molecular weight excluding hydrogens is 386 g/mol. The summed E-state index contributed by atoms with van der Waals surface area (Å²) >= 11 is 8.15. The van der Waals surface area contributed by atoms with Crippen LogP contribution in [0.3, 0.4) is 0 Å². The molecule has 4 aromatic carbocycles. The van der Waals surface area contributed by atoms with Crippen LogP contribution in [0.25, 0.3) is 42.7 Å². The van der Waals surface area contributed by atoms with E-state index >= 15 is 0 Å². The molecule has 0 bridgehead atoms. The molecule has 0 spiro atoms. The quantitative estimate of drug-likeness (QED) is 0.313. The van der Waals surface area contributed by atoms with Gasteiger partial charge in [0, 0.05) is 11.1 Å². The summed E-state index contributed by atoms with van der Waals surface area (Å²) in [6.07, 6.45) is 0. The largest absolute Gasteiger partial charge is 0.496 e. The number of hydrogen-bond donors (Lipinski definition) is 0. The third-order valence-corrected chi connectivity index (χ3v) is 6.27. The lowest BCUT2D eigenvalue weighted by Crippen LogP contribution is -1.88. The lowest BCUT2D eigenvalue weighted by Gasteiger charge is -2.10. The molecule has 0 saturated carbocycles. The SMILES string of the molecule is COc1cccc(Cl)c1-c1ccc2sc(-c3ccc4ccccc4c3)nc2c1. The lowest BCUT2D eigenvalue weighted by atomic mass is 10.0. The molecule has 5 rings (SSSR count). The molecule has 0 fully saturated rings. The fraction of sp³-hybridized carbons (Fsp3) is 0.0417. The van der Waals surface area contributed by atoms with Gasteiger partial charge in [0.1, 0.15) is 10.8 Å². The van der Waals surface area contributed by atoms with Crippen LogP contribution >= 0.6 is 22.9 Å². The van der Waals surface area contributed by atoms with Gasteiger partial charge in [-0.3, -0.25) is 0 Å². The minimum atomic E-state index is 0.670. The molecule has 0 aliphatic heterocycles. The molecule has 2 nitrogen and oxygen atoms in total. The Kier molecular flexibility index (Phi) is 4.27. The summed E-state index contributed by atoms with van der Waals surface area (Å²) in [6, 6.07) is 26.8. The van der Waals surface area contributed by atoms with Crippen molar-refractivity contribution in [2.75, 3.05) is 7.11 Å². The molecule has 136 valence electrons. The van der Waals surface area contributed by atoms with Crippen molar-refractivity contribution in [2.24, 2.45) is 0 Å². The second kappa shape index (κ2) is 6.93. The topological polar surface area (TPSA) is 22.1 Å². The summed E-state index contributed by atoms with van der Waals surface area (Å²) in [5.41, 5.74) is 4.00. The summed E-state index contributed by atoms with van der Waals surface area (Å²) in [5.74, 6) is 0.761. The number of fused-ring (bicyclic) bond motifs is 2. The Balaban J connectivity index is 1.62. The zero-order valence-electron chi connectivity index (χ0n) is 15.1. The maximum atomic E-state index is 6.45. The fourth-order valence-electron chi connectivity index (χ4n) is 3.48. The Morgan fingerprint density at radius 2 is 1.64 bits per heavy atom. The average Bonchev–Trinajstić information content (AvgIpc) is 3.16. The van der Waals surface area contributed by atoms with Gasteiger partial charge in [0.2, 0.25) is 0 Å². The molecule has 0 unspecified atom stereocenters. The van der Waals surface area contributed by atoms with E-state index in [1.807, 2.05) is 18.2 Å². The van der Waals surface area contributed by atoms with E-state index in [-0.39, 0.29) is 0 Å². The minimum Gasteiger partial charge on any atom is -0.496 e. The van der Waals surface area contributed by atoms with Gasteiger partial charge in [0.25, 0.3) is 0 Å². The van der Waals surface area contributed by atoms with Gasteiger partial charge in [0.15, 0.2) is 0 Å². The Labute approximate surface area is 172 Å². The smallest absolute Gasteiger partial charge is 0.128 e. The third kappa shape index (κ3) is 2.93. The highest BCUT2D eigenvalue weighted by Gasteiger charge is 2.13. The molecule has 5 aromatic rings. The van der Waals surface area contributed by atoms with Crippen LogP contribution in [0.15, 0.2) is 78.9 Å². The second-order valence-corrected chi connectivity index (χ2v) is 8.02. The number of halogens is 1. The van der Waals surface area contributed by atoms with Crippen molar-refractivity contribution >= 4 is 43.9 Å². The standard InChI is InChI=1S/C24H16ClNOS/c1-27-21-8-4-7-19(25)23(21)17-11-12-22-20(14-17)26-24(28-22)18-10-9-15-5-2-3-6-16(15)13-18/h2-14H,1H3. The maximum Gasteiger partial charge on any atom is 0.128 e. The van der Waals surface area contributed by atoms with Crippen LogP contribution < -0.4 is 4.74 Å². The molecule has 0 saturated heterocycles. The fourth-order valence-corrected chi connectivity index (χ4v) is 4.70. The van der Waals surface area contributed by atoms with Crippen LogP contribution in [0.5, 0.6) is 5.75 Å². The molecule has 28 heavy (non-hydrogen) atoms. The van der Waals surface area contributed by atoms with Gasteiger partial charge in [-0.1, -0.05) is 60.1 Å². The molecule has 0 radical (unpaired) electrons. The summed E-state index contributed by atoms with van der Waals surface area (Å²) < 4.78 is 6.66. The summed E-state index contributed by atoms with van der Waals surface area (Å²) in [4.78, 5) is 4.90. The number of methoxy groups -OCH3 is 1. The van der Waals surface area contributed by atoms with Gasteiger partial charge in [-0.15, -0.1) is 11.3 Å². The molecule has 0 aliphatic rings. The van der Waals surface area contributed by atoms with Crippen LogP contribution in [0.4, 0.5) is 0 Å². The first-order chi connectivity index (χ1) is 13.7. The van der Waals surface area contributed by atoms with Gasteiger partial charge < -0.3 is 4.74 Å². The van der Waals surface area contributed by atoms with E-state index in [4.69, 9.17) is 21.3 Å². The first-order valence-electron chi connectivity index (χ1n) is 8.95. The summed E-state index contributed by atoms with van der Waals surface area (Å²) in [6.45, 7) is 0. The summed E-state index contributed by atoms with van der Waals surface area (Å²) in [5, 5.41) is 4.15. The Bertz CT molecular complexity index is 1330. The minimum absolute atomic E-state index is 0.670. The van der Waals surface area contributed by atoms with Crippen molar-refractivity contribution in [1.29, 1.82) is 0 Å². The maximum absolute atomic E-state index is 6.45. The molecule has 0 N–H and O–H groups in total. The van der Waals surface area contributed by atoms with Gasteiger partial charge in [-0.2, -0.15) is 0 Å². The van der Waals surface area contributed by atoms with Crippen LogP contribution in [-0.4, -0.2) is 12.1 Å². The number of aromatic nitrogens is 1. The number of benzene rings is 4. The van der Waals surface area contributed by atoms with Crippen LogP contribution in [-0.2, 0) is 0 Å². The number of nitrogens with zero attached hydrogens (tertiary/aromatic N) is 1. The Morgan fingerprint density at radius 1 is 0.821 bits per heavy atom.